The Morgan fingerprint density at radius 2 is 2.30 bits per heavy atom. The molecule has 1 saturated heterocycles. The molecule has 3 heterocycles. The third-order valence-electron chi connectivity index (χ3n) is 3.05. The summed E-state index contributed by atoms with van der Waals surface area (Å²) in [7, 11) is 0. The van der Waals surface area contributed by atoms with E-state index in [1.807, 2.05) is 6.92 Å². The van der Waals surface area contributed by atoms with Gasteiger partial charge in [-0.05, 0) is 13.3 Å². The lowest BCUT2D eigenvalue weighted by atomic mass is 10.2. The second kappa shape index (κ2) is 5.59. The molecule has 8 nitrogen and oxygen atoms in total. The molecule has 0 aliphatic carbocycles. The molecular formula is C12H16N4O4. The van der Waals surface area contributed by atoms with Crippen molar-refractivity contribution in [1.82, 2.24) is 19.7 Å². The van der Waals surface area contributed by atoms with Gasteiger partial charge in [0.15, 0.2) is 5.52 Å². The quantitative estimate of drug-likeness (QED) is 0.833. The van der Waals surface area contributed by atoms with Crippen LogP contribution in [0, 0.1) is 0 Å². The van der Waals surface area contributed by atoms with Crippen molar-refractivity contribution in [2.75, 3.05) is 13.2 Å². The Bertz CT molecular complexity index is 588. The van der Waals surface area contributed by atoms with Crippen LogP contribution in [0.3, 0.4) is 0 Å². The molecule has 0 spiro atoms. The second-order valence-corrected chi connectivity index (χ2v) is 4.41. The molecule has 0 aromatic carbocycles. The van der Waals surface area contributed by atoms with Crippen LogP contribution in [-0.4, -0.2) is 50.4 Å². The summed E-state index contributed by atoms with van der Waals surface area (Å²) in [4.78, 5) is 18.1. The molecule has 3 rings (SSSR count). The minimum absolute atomic E-state index is 0.00118. The van der Waals surface area contributed by atoms with Crippen molar-refractivity contribution in [3.8, 4) is 5.88 Å². The van der Waals surface area contributed by atoms with Gasteiger partial charge in [-0.1, -0.05) is 0 Å². The zero-order chi connectivity index (χ0) is 13.9. The third-order valence-corrected chi connectivity index (χ3v) is 3.05. The first kappa shape index (κ1) is 13.1. The highest BCUT2D eigenvalue weighted by Crippen LogP contribution is 2.22. The average Bonchev–Trinajstić information content (AvgIpc) is 3.08. The fourth-order valence-electron chi connectivity index (χ4n) is 2.12. The summed E-state index contributed by atoms with van der Waals surface area (Å²) in [6.45, 7) is 2.38. The Balaban J connectivity index is 1.81. The molecule has 2 atom stereocenters. The summed E-state index contributed by atoms with van der Waals surface area (Å²) >= 11 is 0. The minimum atomic E-state index is -0.407. The van der Waals surface area contributed by atoms with Gasteiger partial charge >= 0.3 is 0 Å². The van der Waals surface area contributed by atoms with Crippen molar-refractivity contribution in [2.24, 2.45) is 0 Å². The van der Waals surface area contributed by atoms with Crippen LogP contribution in [0.25, 0.3) is 11.2 Å². The van der Waals surface area contributed by atoms with E-state index in [2.05, 4.69) is 15.0 Å². The van der Waals surface area contributed by atoms with Crippen molar-refractivity contribution < 1.29 is 19.4 Å². The maximum Gasteiger partial charge on any atom is 0.245 e. The molecule has 0 unspecified atom stereocenters. The van der Waals surface area contributed by atoms with Gasteiger partial charge in [0.25, 0.3) is 0 Å². The Labute approximate surface area is 115 Å². The number of rotatable bonds is 5. The molecule has 1 fully saturated rings. The van der Waals surface area contributed by atoms with E-state index in [0.29, 0.717) is 30.1 Å². The lowest BCUT2D eigenvalue weighted by Crippen LogP contribution is -2.26. The molecule has 2 aromatic heterocycles. The van der Waals surface area contributed by atoms with E-state index in [4.69, 9.17) is 19.4 Å². The molecule has 0 radical (unpaired) electrons. The molecule has 2 aromatic rings. The number of hydrogen-bond donors (Lipinski definition) is 1. The van der Waals surface area contributed by atoms with E-state index in [-0.39, 0.29) is 12.7 Å². The lowest BCUT2D eigenvalue weighted by Gasteiger charge is -2.14. The van der Waals surface area contributed by atoms with Gasteiger partial charge in [0.1, 0.15) is 12.7 Å². The number of fused-ring (bicyclic) bond motifs is 1. The highest BCUT2D eigenvalue weighted by molar-refractivity contribution is 5.75. The van der Waals surface area contributed by atoms with Crippen LogP contribution in [0.2, 0.25) is 0 Å². The summed E-state index contributed by atoms with van der Waals surface area (Å²) in [5.74, 6) is 0.431. The highest BCUT2D eigenvalue weighted by Gasteiger charge is 2.27. The number of imidazole rings is 1. The van der Waals surface area contributed by atoms with Crippen LogP contribution in [0.15, 0.2) is 12.7 Å². The topological polar surface area (TPSA) is 91.5 Å². The van der Waals surface area contributed by atoms with Crippen molar-refractivity contribution in [1.29, 1.82) is 0 Å². The number of ether oxygens (including phenoxy) is 2. The molecular weight excluding hydrogens is 264 g/mol. The molecule has 20 heavy (non-hydrogen) atoms. The maximum absolute atomic E-state index is 9.04. The van der Waals surface area contributed by atoms with E-state index in [9.17, 15) is 0 Å². The predicted molar refractivity (Wildman–Crippen MR) is 68.1 cm³/mol. The Morgan fingerprint density at radius 3 is 3.05 bits per heavy atom. The van der Waals surface area contributed by atoms with Gasteiger partial charge in [0.2, 0.25) is 17.8 Å². The number of hydrogen-bond acceptors (Lipinski definition) is 7. The first-order chi connectivity index (χ1) is 9.81. The van der Waals surface area contributed by atoms with Gasteiger partial charge in [-0.2, -0.15) is 4.98 Å². The fraction of sp³-hybridized carbons (Fsp3) is 0.583. The van der Waals surface area contributed by atoms with Crippen molar-refractivity contribution in [3.05, 3.63) is 12.7 Å². The molecule has 108 valence electrons. The van der Waals surface area contributed by atoms with Gasteiger partial charge in [-0.25, -0.2) is 9.97 Å². The molecule has 0 amide bonds. The van der Waals surface area contributed by atoms with Gasteiger partial charge in [0.05, 0.1) is 19.3 Å². The summed E-state index contributed by atoms with van der Waals surface area (Å²) in [5, 5.41) is 9.04. The van der Waals surface area contributed by atoms with E-state index in [1.165, 1.54) is 17.4 Å². The van der Waals surface area contributed by atoms with Gasteiger partial charge in [-0.15, -0.1) is 4.73 Å². The summed E-state index contributed by atoms with van der Waals surface area (Å²) in [6.07, 6.45) is 3.83. The minimum Gasteiger partial charge on any atom is -0.476 e. The van der Waals surface area contributed by atoms with Crippen LogP contribution in [-0.2, 0) is 4.74 Å². The number of aliphatic hydroxyl groups is 1. The first-order valence-corrected chi connectivity index (χ1v) is 6.56. The van der Waals surface area contributed by atoms with Gasteiger partial charge < -0.3 is 19.4 Å². The molecule has 0 bridgehead atoms. The summed E-state index contributed by atoms with van der Waals surface area (Å²) in [5.41, 5.74) is 1.07. The fourth-order valence-corrected chi connectivity index (χ4v) is 2.12. The Hall–Kier alpha value is -1.93. The first-order valence-electron chi connectivity index (χ1n) is 6.56. The van der Waals surface area contributed by atoms with E-state index in [1.54, 1.807) is 0 Å². The van der Waals surface area contributed by atoms with Crippen molar-refractivity contribution in [3.63, 3.8) is 0 Å². The standard InChI is InChI=1S/C12H16N4O4/c1-2-18-12-10-11(13-6-14-12)16(7-15-10)20-9-4-3-8(5-17)19-9/h6-9,17H,2-5H2,1H3/t8-,9+/m0/s1. The second-order valence-electron chi connectivity index (χ2n) is 4.41. The monoisotopic (exact) mass is 280 g/mol. The number of aliphatic hydroxyl groups excluding tert-OH is 1. The molecule has 1 aliphatic heterocycles. The van der Waals surface area contributed by atoms with Gasteiger partial charge in [0, 0.05) is 6.42 Å². The predicted octanol–water partition coefficient (Wildman–Crippen LogP) is 0.151. The van der Waals surface area contributed by atoms with Crippen molar-refractivity contribution in [2.45, 2.75) is 32.2 Å². The Morgan fingerprint density at radius 1 is 1.40 bits per heavy atom. The van der Waals surface area contributed by atoms with E-state index < -0.39 is 6.29 Å². The smallest absolute Gasteiger partial charge is 0.245 e. The highest BCUT2D eigenvalue weighted by atomic mass is 16.8. The number of nitrogens with zero attached hydrogens (tertiary/aromatic N) is 4. The van der Waals surface area contributed by atoms with Crippen LogP contribution < -0.4 is 9.57 Å². The largest absolute Gasteiger partial charge is 0.476 e. The van der Waals surface area contributed by atoms with E-state index in [0.717, 1.165) is 6.42 Å². The maximum atomic E-state index is 9.04. The SMILES string of the molecule is CCOc1ncnc2c1ncn2O[C@@H]1CC[C@@H](CO)O1. The number of aromatic nitrogens is 4. The van der Waals surface area contributed by atoms with Crippen molar-refractivity contribution >= 4 is 11.2 Å². The molecule has 1 N–H and O–H groups in total. The zero-order valence-corrected chi connectivity index (χ0v) is 11.1. The normalized spacial score (nSPS) is 22.3. The summed E-state index contributed by atoms with van der Waals surface area (Å²) < 4.78 is 12.4. The molecule has 1 aliphatic rings. The average molecular weight is 280 g/mol. The summed E-state index contributed by atoms with van der Waals surface area (Å²) in [6, 6.07) is 0. The molecule has 8 heteroatoms. The zero-order valence-electron chi connectivity index (χ0n) is 11.1. The Kier molecular flexibility index (Phi) is 3.66. The van der Waals surface area contributed by atoms with Crippen LogP contribution in [0.1, 0.15) is 19.8 Å². The van der Waals surface area contributed by atoms with Gasteiger partial charge in [-0.3, -0.25) is 0 Å². The van der Waals surface area contributed by atoms with Crippen LogP contribution in [0.4, 0.5) is 0 Å². The van der Waals surface area contributed by atoms with E-state index >= 15 is 0 Å². The molecule has 0 saturated carbocycles. The van der Waals surface area contributed by atoms with Crippen LogP contribution >= 0.6 is 0 Å². The third kappa shape index (κ3) is 2.39. The van der Waals surface area contributed by atoms with Crippen LogP contribution in [0.5, 0.6) is 5.88 Å². The lowest BCUT2D eigenvalue weighted by molar-refractivity contribution is -0.140.